The molecule has 260 valence electrons. The van der Waals surface area contributed by atoms with E-state index in [9.17, 15) is 39.2 Å². The van der Waals surface area contributed by atoms with Gasteiger partial charge in [0.15, 0.2) is 0 Å². The smallest absolute Gasteiger partial charge is 0.345 e. The van der Waals surface area contributed by atoms with Crippen molar-refractivity contribution in [2.24, 2.45) is 0 Å². The number of rotatable bonds is 12. The summed E-state index contributed by atoms with van der Waals surface area (Å²) < 4.78 is 30.0. The van der Waals surface area contributed by atoms with Crippen LogP contribution < -0.4 is 16.2 Å². The number of thiophene rings is 1. The summed E-state index contributed by atoms with van der Waals surface area (Å²) in [5.74, 6) is -4.18. The number of carboxylic acids is 1. The summed E-state index contributed by atoms with van der Waals surface area (Å²) in [6.07, 6.45) is -1.11. The molecule has 4 aromatic carbocycles. The first-order valence-corrected chi connectivity index (χ1v) is 16.5. The molecule has 0 saturated carbocycles. The number of phenolic OH excluding ortho intramolecular Hbond substituents is 1. The van der Waals surface area contributed by atoms with Crippen molar-refractivity contribution in [3.05, 3.63) is 158 Å². The number of amides is 1. The van der Waals surface area contributed by atoms with Crippen LogP contribution in [0.2, 0.25) is 0 Å². The lowest BCUT2D eigenvalue weighted by atomic mass is 9.85. The van der Waals surface area contributed by atoms with Gasteiger partial charge in [-0.05, 0) is 59.2 Å². The Kier molecular flexibility index (Phi) is 10.1. The number of aliphatic carboxylic acids is 1. The number of fused-ring (bicyclic) bond motifs is 1. The highest BCUT2D eigenvalue weighted by atomic mass is 32.1. The largest absolute Gasteiger partial charge is 0.506 e. The molecular formula is C38H31F2N3O7S. The number of benzene rings is 4. The van der Waals surface area contributed by atoms with E-state index < -0.39 is 46.3 Å². The first-order chi connectivity index (χ1) is 24.4. The van der Waals surface area contributed by atoms with Gasteiger partial charge in [0.25, 0.3) is 5.91 Å². The standard InChI is InChI=1S/C38H31F2N3O7S/c39-29-17-28(30(40)16-22(29)18-41-20-32(45)26-10-12-31(44)35-27(26)11-14-34(46)43-35)36(47)42-19-25-9-13-33(51-25)21-5-4-8-24(15-21)38(50,37(48)49)23-6-2-1-3-7-23/h1-17,32,41,44-45,50H,18-20H2,(H,42,47)(H,43,46)(H,48,49). The first kappa shape index (κ1) is 35.1. The SMILES string of the molecule is O=C(NCc1ccc(-c2cccc(C(O)(C(=O)O)c3ccccc3)c2)s1)c1cc(F)c(CNCC(O)c2ccc(O)c3[nH]c(=O)ccc23)cc1F. The minimum atomic E-state index is -2.27. The van der Waals surface area contributed by atoms with E-state index in [0.29, 0.717) is 21.4 Å². The third-order valence-corrected chi connectivity index (χ3v) is 9.58. The molecule has 0 aliphatic carbocycles. The predicted molar refractivity (Wildman–Crippen MR) is 187 cm³/mol. The predicted octanol–water partition coefficient (Wildman–Crippen LogP) is 5.31. The molecular weight excluding hydrogens is 680 g/mol. The lowest BCUT2D eigenvalue weighted by Crippen LogP contribution is -2.36. The summed E-state index contributed by atoms with van der Waals surface area (Å²) in [6.45, 7) is -0.222. The molecule has 0 aliphatic heterocycles. The van der Waals surface area contributed by atoms with Crippen LogP contribution >= 0.6 is 11.3 Å². The van der Waals surface area contributed by atoms with E-state index >= 15 is 4.39 Å². The Labute approximate surface area is 293 Å². The molecule has 0 fully saturated rings. The van der Waals surface area contributed by atoms with E-state index in [4.69, 9.17) is 0 Å². The summed E-state index contributed by atoms with van der Waals surface area (Å²) in [5, 5.41) is 47.9. The monoisotopic (exact) mass is 711 g/mol. The topological polar surface area (TPSA) is 172 Å². The van der Waals surface area contributed by atoms with E-state index in [2.05, 4.69) is 15.6 Å². The molecule has 0 saturated heterocycles. The molecule has 13 heteroatoms. The molecule has 51 heavy (non-hydrogen) atoms. The third-order valence-electron chi connectivity index (χ3n) is 8.45. The highest BCUT2D eigenvalue weighted by Crippen LogP contribution is 2.35. The maximum Gasteiger partial charge on any atom is 0.345 e. The number of aromatic amines is 1. The Morgan fingerprint density at radius 3 is 2.39 bits per heavy atom. The number of nitrogens with one attached hydrogen (secondary N) is 3. The average molecular weight is 712 g/mol. The zero-order valence-corrected chi connectivity index (χ0v) is 27.5. The molecule has 6 aromatic rings. The van der Waals surface area contributed by atoms with E-state index in [-0.39, 0.29) is 47.6 Å². The number of aliphatic hydroxyl groups excluding tert-OH is 1. The van der Waals surface area contributed by atoms with Gasteiger partial charge in [0.05, 0.1) is 23.7 Å². The molecule has 2 aromatic heterocycles. The fourth-order valence-electron chi connectivity index (χ4n) is 5.78. The van der Waals surface area contributed by atoms with Crippen LogP contribution in [0.3, 0.4) is 0 Å². The number of hydrogen-bond acceptors (Lipinski definition) is 8. The van der Waals surface area contributed by atoms with Crippen molar-refractivity contribution in [3.8, 4) is 16.2 Å². The van der Waals surface area contributed by atoms with Gasteiger partial charge < -0.3 is 36.0 Å². The van der Waals surface area contributed by atoms with Crippen LogP contribution in [0.1, 0.15) is 43.6 Å². The Hall–Kier alpha value is -5.73. The van der Waals surface area contributed by atoms with Crippen LogP contribution in [0.15, 0.2) is 108 Å². The number of carboxylic acid groups (broad SMARTS) is 1. The summed E-state index contributed by atoms with van der Waals surface area (Å²) >= 11 is 1.30. The minimum Gasteiger partial charge on any atom is -0.506 e. The van der Waals surface area contributed by atoms with E-state index in [1.165, 1.54) is 53.8 Å². The molecule has 1 amide bonds. The number of carbonyl (C=O) groups is 2. The molecule has 0 spiro atoms. The number of halogens is 2. The number of H-pyrrole nitrogens is 1. The number of aromatic nitrogens is 1. The van der Waals surface area contributed by atoms with Crippen molar-refractivity contribution >= 4 is 34.1 Å². The normalized spacial score (nSPS) is 13.1. The van der Waals surface area contributed by atoms with Gasteiger partial charge in [-0.2, -0.15) is 0 Å². The van der Waals surface area contributed by atoms with Crippen molar-refractivity contribution in [3.63, 3.8) is 0 Å². The zero-order valence-electron chi connectivity index (χ0n) is 26.7. The van der Waals surface area contributed by atoms with E-state index in [1.54, 1.807) is 48.5 Å². The molecule has 7 N–H and O–H groups in total. The van der Waals surface area contributed by atoms with Gasteiger partial charge in [-0.3, -0.25) is 9.59 Å². The van der Waals surface area contributed by atoms with Crippen LogP contribution in [0.25, 0.3) is 21.3 Å². The number of pyridine rings is 1. The Bertz CT molecular complexity index is 2310. The van der Waals surface area contributed by atoms with Crippen LogP contribution in [0.4, 0.5) is 8.78 Å². The fourth-order valence-corrected chi connectivity index (χ4v) is 6.73. The Morgan fingerprint density at radius 1 is 0.863 bits per heavy atom. The maximum atomic E-state index is 15.0. The van der Waals surface area contributed by atoms with Crippen molar-refractivity contribution in [2.75, 3.05) is 6.54 Å². The summed E-state index contributed by atoms with van der Waals surface area (Å²) in [4.78, 5) is 40.7. The van der Waals surface area contributed by atoms with Crippen LogP contribution in [0.5, 0.6) is 5.75 Å². The molecule has 2 unspecified atom stereocenters. The summed E-state index contributed by atoms with van der Waals surface area (Å²) in [5.41, 5.74) is -1.66. The van der Waals surface area contributed by atoms with Crippen molar-refractivity contribution in [2.45, 2.75) is 24.8 Å². The third kappa shape index (κ3) is 7.28. The van der Waals surface area contributed by atoms with Crippen molar-refractivity contribution in [1.82, 2.24) is 15.6 Å². The van der Waals surface area contributed by atoms with Gasteiger partial charge in [-0.1, -0.05) is 54.6 Å². The number of carbonyl (C=O) groups excluding carboxylic acids is 1. The number of phenols is 1. The number of aromatic hydroxyl groups is 1. The summed E-state index contributed by atoms with van der Waals surface area (Å²) in [7, 11) is 0. The molecule has 2 atom stereocenters. The number of aliphatic hydroxyl groups is 2. The zero-order chi connectivity index (χ0) is 36.3. The molecule has 0 radical (unpaired) electrons. The van der Waals surface area contributed by atoms with E-state index in [1.807, 2.05) is 0 Å². The molecule has 6 rings (SSSR count). The van der Waals surface area contributed by atoms with Crippen LogP contribution in [0, 0.1) is 11.6 Å². The summed E-state index contributed by atoms with van der Waals surface area (Å²) in [6, 6.07) is 25.4. The molecule has 2 heterocycles. The first-order valence-electron chi connectivity index (χ1n) is 15.7. The molecule has 0 aliphatic rings. The minimum absolute atomic E-state index is 0.00829. The van der Waals surface area contributed by atoms with Gasteiger partial charge >= 0.3 is 5.97 Å². The Balaban J connectivity index is 1.08. The molecule has 0 bridgehead atoms. The van der Waals surface area contributed by atoms with Crippen LogP contribution in [-0.4, -0.2) is 43.8 Å². The van der Waals surface area contributed by atoms with Crippen molar-refractivity contribution < 1.29 is 38.8 Å². The lowest BCUT2D eigenvalue weighted by molar-refractivity contribution is -0.155. The van der Waals surface area contributed by atoms with Gasteiger partial charge in [0.1, 0.15) is 17.4 Å². The van der Waals surface area contributed by atoms with Gasteiger partial charge in [-0.25, -0.2) is 13.6 Å². The van der Waals surface area contributed by atoms with Gasteiger partial charge in [-0.15, -0.1) is 11.3 Å². The fraction of sp³-hybridized carbons (Fsp3) is 0.132. The molecule has 10 nitrogen and oxygen atoms in total. The van der Waals surface area contributed by atoms with Crippen molar-refractivity contribution in [1.29, 1.82) is 0 Å². The second-order valence-corrected chi connectivity index (χ2v) is 12.9. The Morgan fingerprint density at radius 2 is 1.63 bits per heavy atom. The van der Waals surface area contributed by atoms with Gasteiger partial charge in [0.2, 0.25) is 11.2 Å². The highest BCUT2D eigenvalue weighted by Gasteiger charge is 2.40. The van der Waals surface area contributed by atoms with E-state index in [0.717, 1.165) is 17.0 Å². The number of hydrogen-bond donors (Lipinski definition) is 7. The quantitative estimate of drug-likeness (QED) is 0.0895. The maximum absolute atomic E-state index is 15.0. The van der Waals surface area contributed by atoms with Gasteiger partial charge in [0, 0.05) is 45.4 Å². The van der Waals surface area contributed by atoms with Crippen LogP contribution in [-0.2, 0) is 23.5 Å². The second kappa shape index (κ2) is 14.6. The highest BCUT2D eigenvalue weighted by molar-refractivity contribution is 7.15. The second-order valence-electron chi connectivity index (χ2n) is 11.8. The lowest BCUT2D eigenvalue weighted by Gasteiger charge is -2.25. The average Bonchev–Trinajstić information content (AvgIpc) is 3.61.